The minimum atomic E-state index is -0.201. The van der Waals surface area contributed by atoms with Gasteiger partial charge in [-0.3, -0.25) is 0 Å². The molecule has 0 aliphatic rings. The van der Waals surface area contributed by atoms with Crippen molar-refractivity contribution in [1.29, 1.82) is 0 Å². The molecule has 0 saturated carbocycles. The highest BCUT2D eigenvalue weighted by molar-refractivity contribution is 7.99. The van der Waals surface area contributed by atoms with E-state index < -0.39 is 0 Å². The van der Waals surface area contributed by atoms with Gasteiger partial charge >= 0.3 is 0 Å². The van der Waals surface area contributed by atoms with Crippen molar-refractivity contribution in [3.63, 3.8) is 0 Å². The first-order valence-electron chi connectivity index (χ1n) is 5.39. The second kappa shape index (κ2) is 6.85. The van der Waals surface area contributed by atoms with Crippen molar-refractivity contribution in [2.45, 2.75) is 37.6 Å². The molecule has 0 amide bonds. The molecule has 1 aromatic rings. The summed E-state index contributed by atoms with van der Waals surface area (Å²) < 4.78 is 12.9. The van der Waals surface area contributed by atoms with E-state index in [1.54, 1.807) is 11.8 Å². The molecule has 0 aromatic heterocycles. The minimum Gasteiger partial charge on any atom is -0.326 e. The smallest absolute Gasteiger partial charge is 0.123 e. The van der Waals surface area contributed by atoms with Gasteiger partial charge in [0.25, 0.3) is 0 Å². The molecule has 1 nitrogen and oxygen atoms in total. The van der Waals surface area contributed by atoms with Crippen LogP contribution in [0.5, 0.6) is 0 Å². The Kier molecular flexibility index (Phi) is 5.73. The lowest BCUT2D eigenvalue weighted by atomic mass is 10.2. The van der Waals surface area contributed by atoms with Crippen molar-refractivity contribution in [3.8, 4) is 0 Å². The Morgan fingerprint density at radius 1 is 1.33 bits per heavy atom. The zero-order chi connectivity index (χ0) is 11.1. The van der Waals surface area contributed by atoms with Crippen LogP contribution in [0.4, 0.5) is 4.39 Å². The van der Waals surface area contributed by atoms with Gasteiger partial charge in [-0.2, -0.15) is 0 Å². The molecular weight excluding hydrogens is 209 g/mol. The third kappa shape index (κ3) is 4.22. The predicted molar refractivity (Wildman–Crippen MR) is 64.5 cm³/mol. The van der Waals surface area contributed by atoms with E-state index in [1.165, 1.54) is 31.4 Å². The molecular formula is C12H18FNS. The van der Waals surface area contributed by atoms with E-state index in [0.717, 1.165) is 16.2 Å². The van der Waals surface area contributed by atoms with Gasteiger partial charge in [0.1, 0.15) is 5.82 Å². The number of nitrogens with two attached hydrogens (primary N) is 1. The van der Waals surface area contributed by atoms with Gasteiger partial charge in [-0.1, -0.05) is 19.8 Å². The van der Waals surface area contributed by atoms with Gasteiger partial charge in [0.2, 0.25) is 0 Å². The molecule has 0 heterocycles. The quantitative estimate of drug-likeness (QED) is 0.594. The van der Waals surface area contributed by atoms with Crippen LogP contribution in [0, 0.1) is 5.82 Å². The Balaban J connectivity index is 2.52. The Labute approximate surface area is 95.2 Å². The number of benzene rings is 1. The van der Waals surface area contributed by atoms with E-state index in [-0.39, 0.29) is 5.82 Å². The zero-order valence-corrected chi connectivity index (χ0v) is 9.95. The number of hydrogen-bond acceptors (Lipinski definition) is 2. The van der Waals surface area contributed by atoms with Gasteiger partial charge in [0.15, 0.2) is 0 Å². The molecule has 15 heavy (non-hydrogen) atoms. The molecule has 3 heteroatoms. The third-order valence-electron chi connectivity index (χ3n) is 2.25. The Bertz CT molecular complexity index is 302. The first-order valence-corrected chi connectivity index (χ1v) is 6.37. The number of hydrogen-bond donors (Lipinski definition) is 1. The van der Waals surface area contributed by atoms with Gasteiger partial charge in [0.05, 0.1) is 0 Å². The Morgan fingerprint density at radius 3 is 2.80 bits per heavy atom. The van der Waals surface area contributed by atoms with Crippen LogP contribution in [0.3, 0.4) is 0 Å². The number of unbranched alkanes of at least 4 members (excludes halogenated alkanes) is 2. The highest BCUT2D eigenvalue weighted by Crippen LogP contribution is 2.24. The first kappa shape index (κ1) is 12.5. The van der Waals surface area contributed by atoms with E-state index >= 15 is 0 Å². The molecule has 84 valence electrons. The zero-order valence-electron chi connectivity index (χ0n) is 9.13. The maximum Gasteiger partial charge on any atom is 0.123 e. The summed E-state index contributed by atoms with van der Waals surface area (Å²) in [5.74, 6) is 0.889. The normalized spacial score (nSPS) is 10.6. The van der Waals surface area contributed by atoms with Crippen LogP contribution in [0.25, 0.3) is 0 Å². The van der Waals surface area contributed by atoms with E-state index in [1.807, 2.05) is 6.07 Å². The molecule has 0 unspecified atom stereocenters. The molecule has 0 fully saturated rings. The van der Waals surface area contributed by atoms with Crippen molar-refractivity contribution in [1.82, 2.24) is 0 Å². The van der Waals surface area contributed by atoms with Crippen LogP contribution in [-0.4, -0.2) is 5.75 Å². The fourth-order valence-electron chi connectivity index (χ4n) is 1.38. The van der Waals surface area contributed by atoms with Crippen molar-refractivity contribution in [3.05, 3.63) is 29.6 Å². The van der Waals surface area contributed by atoms with Gasteiger partial charge in [0, 0.05) is 11.4 Å². The van der Waals surface area contributed by atoms with Crippen LogP contribution in [-0.2, 0) is 6.54 Å². The molecule has 0 saturated heterocycles. The summed E-state index contributed by atoms with van der Waals surface area (Å²) in [7, 11) is 0. The van der Waals surface area contributed by atoms with Crippen molar-refractivity contribution >= 4 is 11.8 Å². The summed E-state index contributed by atoms with van der Waals surface area (Å²) in [6.07, 6.45) is 3.70. The Hall–Kier alpha value is -0.540. The van der Waals surface area contributed by atoms with Crippen molar-refractivity contribution in [2.75, 3.05) is 5.75 Å². The standard InChI is InChI=1S/C12H18FNS/c1-2-3-4-7-15-12-6-5-11(13)8-10(12)9-14/h5-6,8H,2-4,7,9,14H2,1H3. The molecule has 0 spiro atoms. The molecule has 2 N–H and O–H groups in total. The Morgan fingerprint density at radius 2 is 2.13 bits per heavy atom. The highest BCUT2D eigenvalue weighted by atomic mass is 32.2. The van der Waals surface area contributed by atoms with E-state index in [2.05, 4.69) is 6.92 Å². The topological polar surface area (TPSA) is 26.0 Å². The lowest BCUT2D eigenvalue weighted by Crippen LogP contribution is -1.99. The summed E-state index contributed by atoms with van der Waals surface area (Å²) in [6, 6.07) is 4.86. The fraction of sp³-hybridized carbons (Fsp3) is 0.500. The summed E-state index contributed by atoms with van der Waals surface area (Å²) >= 11 is 1.77. The summed E-state index contributed by atoms with van der Waals surface area (Å²) in [4.78, 5) is 1.12. The third-order valence-corrected chi connectivity index (χ3v) is 3.45. The lowest BCUT2D eigenvalue weighted by Gasteiger charge is -2.07. The van der Waals surface area contributed by atoms with Crippen LogP contribution < -0.4 is 5.73 Å². The van der Waals surface area contributed by atoms with Gasteiger partial charge in [-0.05, 0) is 35.9 Å². The first-order chi connectivity index (χ1) is 7.27. The number of rotatable bonds is 6. The highest BCUT2D eigenvalue weighted by Gasteiger charge is 2.02. The molecule has 0 aliphatic carbocycles. The van der Waals surface area contributed by atoms with E-state index in [9.17, 15) is 4.39 Å². The van der Waals surface area contributed by atoms with Gasteiger partial charge in [-0.25, -0.2) is 4.39 Å². The van der Waals surface area contributed by atoms with Crippen molar-refractivity contribution < 1.29 is 4.39 Å². The fourth-order valence-corrected chi connectivity index (χ4v) is 2.44. The van der Waals surface area contributed by atoms with Crippen molar-refractivity contribution in [2.24, 2.45) is 5.73 Å². The van der Waals surface area contributed by atoms with E-state index in [0.29, 0.717) is 6.54 Å². The van der Waals surface area contributed by atoms with Crippen LogP contribution in [0.15, 0.2) is 23.1 Å². The van der Waals surface area contributed by atoms with Crippen LogP contribution in [0.2, 0.25) is 0 Å². The van der Waals surface area contributed by atoms with Crippen LogP contribution in [0.1, 0.15) is 31.7 Å². The van der Waals surface area contributed by atoms with Crippen LogP contribution >= 0.6 is 11.8 Å². The molecule has 0 aliphatic heterocycles. The van der Waals surface area contributed by atoms with Gasteiger partial charge < -0.3 is 5.73 Å². The molecule has 1 rings (SSSR count). The second-order valence-corrected chi connectivity index (χ2v) is 4.65. The lowest BCUT2D eigenvalue weighted by molar-refractivity contribution is 0.623. The maximum absolute atomic E-state index is 12.9. The number of thioether (sulfide) groups is 1. The average molecular weight is 227 g/mol. The second-order valence-electron chi connectivity index (χ2n) is 3.51. The molecule has 0 atom stereocenters. The summed E-state index contributed by atoms with van der Waals surface area (Å²) in [5, 5.41) is 0. The maximum atomic E-state index is 12.9. The minimum absolute atomic E-state index is 0.201. The van der Waals surface area contributed by atoms with E-state index in [4.69, 9.17) is 5.73 Å². The number of halogens is 1. The van der Waals surface area contributed by atoms with Gasteiger partial charge in [-0.15, -0.1) is 11.8 Å². The predicted octanol–water partition coefficient (Wildman–Crippen LogP) is 3.57. The summed E-state index contributed by atoms with van der Waals surface area (Å²) in [6.45, 7) is 2.60. The molecule has 0 radical (unpaired) electrons. The monoisotopic (exact) mass is 227 g/mol. The summed E-state index contributed by atoms with van der Waals surface area (Å²) in [5.41, 5.74) is 6.48. The molecule has 0 bridgehead atoms. The SMILES string of the molecule is CCCCCSc1ccc(F)cc1CN. The molecule has 1 aromatic carbocycles. The average Bonchev–Trinajstić information content (AvgIpc) is 2.26. The largest absolute Gasteiger partial charge is 0.326 e.